The van der Waals surface area contributed by atoms with Crippen molar-refractivity contribution < 1.29 is 38.4 Å². The van der Waals surface area contributed by atoms with Gasteiger partial charge in [-0.25, -0.2) is 4.98 Å². The van der Waals surface area contributed by atoms with Gasteiger partial charge in [-0.05, 0) is 74.8 Å². The number of aromatic nitrogens is 2. The van der Waals surface area contributed by atoms with Gasteiger partial charge in [0, 0.05) is 51.3 Å². The van der Waals surface area contributed by atoms with Crippen LogP contribution in [0.15, 0.2) is 65.0 Å². The summed E-state index contributed by atoms with van der Waals surface area (Å²) in [4.78, 5) is 126. The molecule has 1 fully saturated rings. The van der Waals surface area contributed by atoms with Crippen LogP contribution in [-0.2, 0) is 51.2 Å². The minimum atomic E-state index is -1.61. The Morgan fingerprint density at radius 3 is 1.96 bits per heavy atom. The van der Waals surface area contributed by atoms with Crippen molar-refractivity contribution in [3.63, 3.8) is 0 Å². The number of hydrogen-bond donors (Lipinski definition) is 16. The number of nitrogens with two attached hydrogens (primary N) is 6. The first-order valence-electron chi connectivity index (χ1n) is 24.0. The Balaban J connectivity index is 1.74. The van der Waals surface area contributed by atoms with Crippen molar-refractivity contribution in [1.82, 2.24) is 57.8 Å². The number of aromatic amines is 1. The first kappa shape index (κ1) is 57.7. The standard InChI is InChI=1S/C46H71N19O8/c1-25(59-39(69)32(60-26(2)66)12-7-17-55-45(49)50)37(67)65-36-23-57-38(68)31(11-5-6-16-54-44(47)48)61-42(72)35(21-30-22-53-24-58-30)64-41(71)34(20-27-14-15-28-9-3-4-10-29(28)19-27)63-40(70)33(62-43(36)73)13-8-18-56-46(51)52/h3-4,9-10,14-15,19,22,24-25,31-36,44,54H,5-8,11-13,16-18,20-21,23,47-48H2,1-2H3,(H,53,58)(H,57,68)(H,59,69)(H,60,66)(H,61,72)(H,62,73)(H,63,70)(H,64,71)(H,65,67)(H4,49,50,55)(H4,51,52,56)/t25-,31+,32-,33-,34-,35-,36-/m0/s1. The van der Waals surface area contributed by atoms with Gasteiger partial charge in [0.05, 0.1) is 6.33 Å². The lowest BCUT2D eigenvalue weighted by atomic mass is 9.99. The molecule has 3 aromatic rings. The second-order valence-corrected chi connectivity index (χ2v) is 17.6. The summed E-state index contributed by atoms with van der Waals surface area (Å²) in [6.45, 7) is 2.56. The maximum absolute atomic E-state index is 14.6. The molecule has 73 heavy (non-hydrogen) atoms. The zero-order chi connectivity index (χ0) is 53.5. The molecule has 2 heterocycles. The van der Waals surface area contributed by atoms with Gasteiger partial charge in [-0.1, -0.05) is 42.5 Å². The van der Waals surface area contributed by atoms with Crippen molar-refractivity contribution in [3.8, 4) is 0 Å². The molecule has 7 atom stereocenters. The summed E-state index contributed by atoms with van der Waals surface area (Å²) in [6.07, 6.45) is 3.28. The molecule has 1 aliphatic rings. The third-order valence-electron chi connectivity index (χ3n) is 11.5. The zero-order valence-corrected chi connectivity index (χ0v) is 41.1. The van der Waals surface area contributed by atoms with Crippen LogP contribution in [0.4, 0.5) is 0 Å². The number of imidazole rings is 1. The van der Waals surface area contributed by atoms with E-state index in [0.717, 1.165) is 10.8 Å². The van der Waals surface area contributed by atoms with E-state index in [9.17, 15) is 38.4 Å². The lowest BCUT2D eigenvalue weighted by molar-refractivity contribution is -0.136. The van der Waals surface area contributed by atoms with Crippen LogP contribution < -0.4 is 82.3 Å². The molecule has 2 aromatic carbocycles. The zero-order valence-electron chi connectivity index (χ0n) is 41.1. The van der Waals surface area contributed by atoms with Gasteiger partial charge in [0.2, 0.25) is 47.3 Å². The van der Waals surface area contributed by atoms with E-state index < -0.39 is 102 Å². The lowest BCUT2D eigenvalue weighted by Gasteiger charge is -2.29. The Bertz CT molecular complexity index is 2410. The highest BCUT2D eigenvalue weighted by Gasteiger charge is 2.35. The van der Waals surface area contributed by atoms with Gasteiger partial charge in [0.25, 0.3) is 0 Å². The maximum Gasteiger partial charge on any atom is 0.245 e. The maximum atomic E-state index is 14.6. The first-order valence-corrected chi connectivity index (χ1v) is 24.0. The fourth-order valence-corrected chi connectivity index (χ4v) is 7.74. The van der Waals surface area contributed by atoms with E-state index in [4.69, 9.17) is 34.4 Å². The Morgan fingerprint density at radius 1 is 0.712 bits per heavy atom. The number of guanidine groups is 2. The molecule has 27 nitrogen and oxygen atoms in total. The molecule has 0 radical (unpaired) electrons. The minimum Gasteiger partial charge on any atom is -0.370 e. The lowest BCUT2D eigenvalue weighted by Crippen LogP contribution is -2.63. The van der Waals surface area contributed by atoms with Crippen LogP contribution in [0.1, 0.15) is 70.1 Å². The number of nitrogens with one attached hydrogen (secondary N) is 10. The second-order valence-electron chi connectivity index (χ2n) is 17.6. The highest BCUT2D eigenvalue weighted by atomic mass is 16.2. The van der Waals surface area contributed by atoms with Gasteiger partial charge in [-0.2, -0.15) is 0 Å². The summed E-state index contributed by atoms with van der Waals surface area (Å²) in [7, 11) is 0. The van der Waals surface area contributed by atoms with Gasteiger partial charge >= 0.3 is 0 Å². The van der Waals surface area contributed by atoms with Gasteiger partial charge in [0.15, 0.2) is 11.9 Å². The topological polar surface area (TPSA) is 454 Å². The van der Waals surface area contributed by atoms with E-state index in [2.05, 4.69) is 67.8 Å². The van der Waals surface area contributed by atoms with Crippen molar-refractivity contribution in [2.24, 2.45) is 44.4 Å². The number of amides is 8. The van der Waals surface area contributed by atoms with Gasteiger partial charge in [0.1, 0.15) is 48.6 Å². The van der Waals surface area contributed by atoms with Crippen molar-refractivity contribution >= 4 is 69.9 Å². The number of fused-ring (bicyclic) bond motifs is 1. The van der Waals surface area contributed by atoms with Gasteiger partial charge < -0.3 is 81.9 Å². The van der Waals surface area contributed by atoms with Crippen molar-refractivity contribution in [2.45, 2.75) is 120 Å². The second kappa shape index (κ2) is 29.4. The Hall–Kier alpha value is -7.91. The number of rotatable bonds is 23. The molecule has 0 aliphatic carbocycles. The largest absolute Gasteiger partial charge is 0.370 e. The van der Waals surface area contributed by atoms with Crippen LogP contribution in [0.25, 0.3) is 10.8 Å². The predicted octanol–water partition coefficient (Wildman–Crippen LogP) is -5.02. The summed E-state index contributed by atoms with van der Waals surface area (Å²) >= 11 is 0. The van der Waals surface area contributed by atoms with Crippen LogP contribution in [0.5, 0.6) is 0 Å². The van der Waals surface area contributed by atoms with E-state index in [1.165, 1.54) is 26.4 Å². The fourth-order valence-electron chi connectivity index (χ4n) is 7.74. The first-order chi connectivity index (χ1) is 34.8. The van der Waals surface area contributed by atoms with Crippen LogP contribution in [-0.4, -0.2) is 144 Å². The van der Waals surface area contributed by atoms with Crippen LogP contribution in [0.2, 0.25) is 0 Å². The van der Waals surface area contributed by atoms with E-state index in [1.54, 1.807) is 6.07 Å². The number of hydrogen-bond acceptors (Lipinski definition) is 14. The molecule has 22 N–H and O–H groups in total. The molecule has 8 amide bonds. The van der Waals surface area contributed by atoms with Gasteiger partial charge in [-0.3, -0.25) is 53.7 Å². The monoisotopic (exact) mass is 1020 g/mol. The van der Waals surface area contributed by atoms with Crippen molar-refractivity contribution in [2.75, 3.05) is 26.2 Å². The van der Waals surface area contributed by atoms with E-state index >= 15 is 0 Å². The summed E-state index contributed by atoms with van der Waals surface area (Å²) < 4.78 is 0. The average Bonchev–Trinajstić information content (AvgIpc) is 3.86. The van der Waals surface area contributed by atoms with Crippen molar-refractivity contribution in [1.29, 1.82) is 0 Å². The summed E-state index contributed by atoms with van der Waals surface area (Å²) in [5.74, 6) is -6.55. The molecule has 1 aromatic heterocycles. The third-order valence-corrected chi connectivity index (χ3v) is 11.5. The fraction of sp³-hybridized carbons (Fsp3) is 0.500. The highest BCUT2D eigenvalue weighted by Crippen LogP contribution is 2.18. The summed E-state index contributed by atoms with van der Waals surface area (Å²) in [5.41, 5.74) is 34.3. The molecule has 398 valence electrons. The molecule has 1 aliphatic heterocycles. The molecular weight excluding hydrogens is 947 g/mol. The molecule has 27 heteroatoms. The highest BCUT2D eigenvalue weighted by molar-refractivity contribution is 5.98. The normalized spacial score (nSPS) is 19.7. The summed E-state index contributed by atoms with van der Waals surface area (Å²) in [6, 6.07) is 3.76. The smallest absolute Gasteiger partial charge is 0.245 e. The Morgan fingerprint density at radius 2 is 1.32 bits per heavy atom. The third kappa shape index (κ3) is 20.4. The Labute approximate surface area is 422 Å². The van der Waals surface area contributed by atoms with Crippen molar-refractivity contribution in [3.05, 3.63) is 66.2 Å². The number of unbranched alkanes of at least 4 members (excludes halogenated alkanes) is 1. The number of aliphatic imine (C=N–C) groups is 2. The number of carbonyl (C=O) groups is 8. The van der Waals surface area contributed by atoms with E-state index in [1.807, 2.05) is 36.4 Å². The number of H-pyrrole nitrogens is 1. The number of nitrogens with zero attached hydrogens (tertiary/aromatic N) is 3. The summed E-state index contributed by atoms with van der Waals surface area (Å²) in [5, 5.41) is 25.9. The molecule has 1 saturated heterocycles. The van der Waals surface area contributed by atoms with Crippen LogP contribution in [0, 0.1) is 0 Å². The van der Waals surface area contributed by atoms with E-state index in [-0.39, 0.29) is 63.5 Å². The van der Waals surface area contributed by atoms with E-state index in [0.29, 0.717) is 37.1 Å². The molecule has 4 rings (SSSR count). The number of carbonyl (C=O) groups excluding carboxylic acids is 8. The SMILES string of the molecule is CC(=O)N[C@@H](CCCN=C(N)N)C(=O)N[C@@H](C)C(=O)N[C@H]1CNC(=O)[C@@H](CCCCNC(N)N)NC(=O)[C@H](Cc2cnc[nH]2)NC(=O)[C@H](Cc2ccc3ccccc3c2)NC(=O)[C@H](CCCN=C(N)N)NC1=O. The number of benzene rings is 2. The van der Waals surface area contributed by atoms with Gasteiger partial charge in [-0.15, -0.1) is 0 Å². The molecule has 0 bridgehead atoms. The average molecular weight is 1020 g/mol. The molecule has 0 spiro atoms. The molecular formula is C46H71N19O8. The Kier molecular flexibility index (Phi) is 23.3. The van der Waals surface area contributed by atoms with Crippen LogP contribution in [0.3, 0.4) is 0 Å². The minimum absolute atomic E-state index is 0.0467. The molecule has 0 saturated carbocycles. The quantitative estimate of drug-likeness (QED) is 0.0183. The molecule has 0 unspecified atom stereocenters. The predicted molar refractivity (Wildman–Crippen MR) is 272 cm³/mol. The van der Waals surface area contributed by atoms with Crippen LogP contribution >= 0.6 is 0 Å².